The van der Waals surface area contributed by atoms with E-state index in [-0.39, 0.29) is 0 Å². The maximum atomic E-state index is 11.1. The number of carbonyl (C=O) groups excluding carboxylic acids is 1. The Morgan fingerprint density at radius 2 is 2.20 bits per heavy atom. The van der Waals surface area contributed by atoms with Crippen molar-refractivity contribution in [2.45, 2.75) is 33.4 Å². The monoisotopic (exact) mass is 272 g/mol. The molecule has 1 amide bonds. The predicted molar refractivity (Wildman–Crippen MR) is 79.5 cm³/mol. The zero-order valence-corrected chi connectivity index (χ0v) is 11.9. The highest BCUT2D eigenvalue weighted by atomic mass is 16.1. The van der Waals surface area contributed by atoms with Gasteiger partial charge in [0.1, 0.15) is 0 Å². The number of hydrogen-bond donors (Lipinski definition) is 2. The molecule has 0 bridgehead atoms. The third kappa shape index (κ3) is 3.17. The van der Waals surface area contributed by atoms with E-state index in [4.69, 9.17) is 5.73 Å². The first-order valence-electron chi connectivity index (χ1n) is 6.77. The Morgan fingerprint density at radius 3 is 2.85 bits per heavy atom. The fourth-order valence-corrected chi connectivity index (χ4v) is 2.12. The lowest BCUT2D eigenvalue weighted by Crippen LogP contribution is -2.12. The van der Waals surface area contributed by atoms with Crippen LogP contribution in [-0.2, 0) is 13.1 Å². The Bertz CT molecular complexity index is 604. The molecule has 0 saturated carbocycles. The van der Waals surface area contributed by atoms with Gasteiger partial charge in [-0.25, -0.2) is 0 Å². The molecule has 2 rings (SSSR count). The molecule has 20 heavy (non-hydrogen) atoms. The minimum Gasteiger partial charge on any atom is -0.379 e. The molecule has 0 aliphatic rings. The number of aromatic nitrogens is 2. The molecule has 1 aromatic heterocycles. The van der Waals surface area contributed by atoms with E-state index in [1.165, 1.54) is 0 Å². The third-order valence-electron chi connectivity index (χ3n) is 3.21. The van der Waals surface area contributed by atoms with E-state index in [0.717, 1.165) is 29.9 Å². The van der Waals surface area contributed by atoms with Crippen LogP contribution in [-0.4, -0.2) is 15.7 Å². The molecule has 2 aromatic rings. The van der Waals surface area contributed by atoms with E-state index >= 15 is 0 Å². The minimum absolute atomic E-state index is 0.402. The summed E-state index contributed by atoms with van der Waals surface area (Å²) >= 11 is 0. The number of nitrogens with zero attached hydrogens (tertiary/aromatic N) is 2. The molecule has 0 radical (unpaired) electrons. The van der Waals surface area contributed by atoms with Crippen LogP contribution in [0.5, 0.6) is 0 Å². The Balaban J connectivity index is 2.07. The second-order valence-electron chi connectivity index (χ2n) is 4.79. The quantitative estimate of drug-likeness (QED) is 0.847. The van der Waals surface area contributed by atoms with Crippen molar-refractivity contribution in [2.24, 2.45) is 5.73 Å². The number of hydrogen-bond acceptors (Lipinski definition) is 3. The van der Waals surface area contributed by atoms with Gasteiger partial charge in [0, 0.05) is 24.0 Å². The fraction of sp³-hybridized carbons (Fsp3) is 0.333. The average molecular weight is 272 g/mol. The largest absolute Gasteiger partial charge is 0.379 e. The Kier molecular flexibility index (Phi) is 4.40. The van der Waals surface area contributed by atoms with Crippen LogP contribution in [0.15, 0.2) is 30.5 Å². The van der Waals surface area contributed by atoms with Gasteiger partial charge in [0.25, 0.3) is 0 Å². The van der Waals surface area contributed by atoms with Gasteiger partial charge in [-0.2, -0.15) is 5.10 Å². The lowest BCUT2D eigenvalue weighted by Gasteiger charge is -2.11. The highest BCUT2D eigenvalue weighted by molar-refractivity contribution is 5.93. The Morgan fingerprint density at radius 1 is 1.40 bits per heavy atom. The number of amides is 1. The summed E-state index contributed by atoms with van der Waals surface area (Å²) in [7, 11) is 0. The second kappa shape index (κ2) is 6.23. The molecule has 3 N–H and O–H groups in total. The van der Waals surface area contributed by atoms with Crippen molar-refractivity contribution in [1.29, 1.82) is 0 Å². The van der Waals surface area contributed by atoms with Crippen molar-refractivity contribution in [2.75, 3.05) is 5.32 Å². The maximum absolute atomic E-state index is 11.1. The summed E-state index contributed by atoms with van der Waals surface area (Å²) in [6.07, 6.45) is 2.87. The van der Waals surface area contributed by atoms with Gasteiger partial charge in [-0.1, -0.05) is 6.92 Å². The van der Waals surface area contributed by atoms with Crippen molar-refractivity contribution in [3.63, 3.8) is 0 Å². The Hall–Kier alpha value is -2.30. The third-order valence-corrected chi connectivity index (χ3v) is 3.21. The van der Waals surface area contributed by atoms with E-state index in [2.05, 4.69) is 17.3 Å². The molecule has 0 aliphatic carbocycles. The molecule has 0 spiro atoms. The predicted octanol–water partition coefficient (Wildman–Crippen LogP) is 2.31. The Labute approximate surface area is 118 Å². The van der Waals surface area contributed by atoms with Crippen LogP contribution < -0.4 is 11.1 Å². The average Bonchev–Trinajstić information content (AvgIpc) is 2.85. The number of primary amides is 1. The molecule has 0 fully saturated rings. The van der Waals surface area contributed by atoms with Crippen molar-refractivity contribution < 1.29 is 4.79 Å². The van der Waals surface area contributed by atoms with E-state index in [1.54, 1.807) is 12.1 Å². The van der Waals surface area contributed by atoms with Crippen LogP contribution in [0, 0.1) is 6.92 Å². The zero-order valence-electron chi connectivity index (χ0n) is 11.9. The fourth-order valence-electron chi connectivity index (χ4n) is 2.12. The van der Waals surface area contributed by atoms with Gasteiger partial charge in [0.2, 0.25) is 5.91 Å². The van der Waals surface area contributed by atoms with E-state index in [9.17, 15) is 4.79 Å². The van der Waals surface area contributed by atoms with E-state index in [0.29, 0.717) is 12.1 Å². The van der Waals surface area contributed by atoms with Crippen molar-refractivity contribution in [3.8, 4) is 0 Å². The smallest absolute Gasteiger partial charge is 0.248 e. The van der Waals surface area contributed by atoms with Gasteiger partial charge in [0.15, 0.2) is 0 Å². The van der Waals surface area contributed by atoms with E-state index in [1.807, 2.05) is 29.9 Å². The summed E-state index contributed by atoms with van der Waals surface area (Å²) in [5.41, 5.74) is 8.94. The summed E-state index contributed by atoms with van der Waals surface area (Å²) < 4.78 is 2.00. The number of nitrogens with two attached hydrogens (primary N) is 1. The van der Waals surface area contributed by atoms with Crippen LogP contribution in [0.1, 0.15) is 35.0 Å². The van der Waals surface area contributed by atoms with Crippen LogP contribution in [0.2, 0.25) is 0 Å². The van der Waals surface area contributed by atoms with Gasteiger partial charge in [-0.05, 0) is 43.2 Å². The first kappa shape index (κ1) is 14.1. The molecular formula is C15H20N4O. The number of rotatable bonds is 6. The van der Waals surface area contributed by atoms with Crippen LogP contribution in [0.4, 0.5) is 5.69 Å². The van der Waals surface area contributed by atoms with Gasteiger partial charge < -0.3 is 11.1 Å². The maximum Gasteiger partial charge on any atom is 0.248 e. The van der Waals surface area contributed by atoms with Crippen LogP contribution in [0.3, 0.4) is 0 Å². The summed E-state index contributed by atoms with van der Waals surface area (Å²) in [5, 5.41) is 7.66. The summed E-state index contributed by atoms with van der Waals surface area (Å²) in [5.74, 6) is -0.402. The molecule has 5 heteroatoms. The van der Waals surface area contributed by atoms with E-state index < -0.39 is 5.91 Å². The molecule has 0 aliphatic heterocycles. The first-order chi connectivity index (χ1) is 9.61. The lowest BCUT2D eigenvalue weighted by molar-refractivity contribution is 0.1000. The highest BCUT2D eigenvalue weighted by Crippen LogP contribution is 2.17. The SMILES string of the molecule is CCCn1nccc1CNc1ccc(C(N)=O)cc1C. The molecular weight excluding hydrogens is 252 g/mol. The summed E-state index contributed by atoms with van der Waals surface area (Å²) in [6, 6.07) is 7.43. The lowest BCUT2D eigenvalue weighted by atomic mass is 10.1. The van der Waals surface area contributed by atoms with Gasteiger partial charge in [0.05, 0.1) is 12.2 Å². The number of aryl methyl sites for hydroxylation is 2. The topological polar surface area (TPSA) is 72.9 Å². The molecule has 106 valence electrons. The van der Waals surface area contributed by atoms with Gasteiger partial charge >= 0.3 is 0 Å². The van der Waals surface area contributed by atoms with Gasteiger partial charge in [-0.15, -0.1) is 0 Å². The molecule has 1 aromatic carbocycles. The molecule has 0 unspecified atom stereocenters. The number of carbonyl (C=O) groups is 1. The van der Waals surface area contributed by atoms with Crippen LogP contribution >= 0.6 is 0 Å². The summed E-state index contributed by atoms with van der Waals surface area (Å²) in [6.45, 7) is 5.71. The highest BCUT2D eigenvalue weighted by Gasteiger charge is 2.05. The molecule has 0 atom stereocenters. The van der Waals surface area contributed by atoms with Crippen LogP contribution in [0.25, 0.3) is 0 Å². The minimum atomic E-state index is -0.402. The number of nitrogens with one attached hydrogen (secondary N) is 1. The zero-order chi connectivity index (χ0) is 14.5. The number of benzene rings is 1. The molecule has 5 nitrogen and oxygen atoms in total. The second-order valence-corrected chi connectivity index (χ2v) is 4.79. The van der Waals surface area contributed by atoms with Crippen molar-refractivity contribution in [3.05, 3.63) is 47.3 Å². The van der Waals surface area contributed by atoms with Gasteiger partial charge in [-0.3, -0.25) is 9.48 Å². The first-order valence-corrected chi connectivity index (χ1v) is 6.77. The normalized spacial score (nSPS) is 10.5. The van der Waals surface area contributed by atoms with Crippen molar-refractivity contribution >= 4 is 11.6 Å². The summed E-state index contributed by atoms with van der Waals surface area (Å²) in [4.78, 5) is 11.1. The number of anilines is 1. The molecule has 1 heterocycles. The molecule has 0 saturated heterocycles. The standard InChI is InChI=1S/C15H20N4O/c1-3-8-19-13(6-7-18-19)10-17-14-5-4-12(15(16)20)9-11(14)2/h4-7,9,17H,3,8,10H2,1-2H3,(H2,16,20). The van der Waals surface area contributed by atoms with Crippen molar-refractivity contribution in [1.82, 2.24) is 9.78 Å².